The lowest BCUT2D eigenvalue weighted by Gasteiger charge is -2.36. The van der Waals surface area contributed by atoms with E-state index < -0.39 is 17.4 Å². The number of carboxylic acids is 2. The Bertz CT molecular complexity index is 494. The predicted octanol–water partition coefficient (Wildman–Crippen LogP) is 2.54. The van der Waals surface area contributed by atoms with Gasteiger partial charge in [-0.15, -0.1) is 0 Å². The second-order valence-electron chi connectivity index (χ2n) is 6.92. The van der Waals surface area contributed by atoms with E-state index in [9.17, 15) is 19.8 Å². The molecule has 4 nitrogen and oxygen atoms in total. The van der Waals surface area contributed by atoms with E-state index in [1.54, 1.807) is 6.92 Å². The van der Waals surface area contributed by atoms with Crippen LogP contribution in [0.2, 0.25) is 0 Å². The van der Waals surface area contributed by atoms with Gasteiger partial charge >= 0.3 is 11.9 Å². The quantitative estimate of drug-likeness (QED) is 0.803. The van der Waals surface area contributed by atoms with E-state index in [0.717, 1.165) is 12.8 Å². The van der Waals surface area contributed by atoms with Crippen molar-refractivity contribution in [1.29, 1.82) is 0 Å². The minimum Gasteiger partial charge on any atom is -0.481 e. The maximum Gasteiger partial charge on any atom is 0.331 e. The Morgan fingerprint density at radius 3 is 2.58 bits per heavy atom. The van der Waals surface area contributed by atoms with Crippen molar-refractivity contribution in [3.63, 3.8) is 0 Å². The van der Waals surface area contributed by atoms with Crippen molar-refractivity contribution < 1.29 is 19.8 Å². The van der Waals surface area contributed by atoms with E-state index in [1.165, 1.54) is 0 Å². The highest BCUT2D eigenvalue weighted by Crippen LogP contribution is 2.70. The average molecular weight is 264 g/mol. The van der Waals surface area contributed by atoms with Crippen molar-refractivity contribution in [2.24, 2.45) is 28.6 Å². The normalized spacial score (nSPS) is 47.7. The fourth-order valence-electron chi connectivity index (χ4n) is 5.11. The summed E-state index contributed by atoms with van der Waals surface area (Å²) in [4.78, 5) is 23.0. The van der Waals surface area contributed by atoms with Gasteiger partial charge in [-0.2, -0.15) is 0 Å². The van der Waals surface area contributed by atoms with Gasteiger partial charge < -0.3 is 10.2 Å². The number of aliphatic carboxylic acids is 2. The van der Waals surface area contributed by atoms with Crippen LogP contribution in [0.3, 0.4) is 0 Å². The molecule has 1 spiro atoms. The summed E-state index contributed by atoms with van der Waals surface area (Å²) < 4.78 is 0. The molecule has 2 saturated carbocycles. The highest BCUT2D eigenvalue weighted by molar-refractivity contribution is 5.89. The Hall–Kier alpha value is -1.32. The molecule has 0 amide bonds. The van der Waals surface area contributed by atoms with Crippen LogP contribution in [0, 0.1) is 28.6 Å². The molecule has 19 heavy (non-hydrogen) atoms. The van der Waals surface area contributed by atoms with Crippen molar-refractivity contribution in [3.8, 4) is 0 Å². The first-order valence-electron chi connectivity index (χ1n) is 6.99. The maximum atomic E-state index is 11.6. The lowest BCUT2D eigenvalue weighted by Crippen LogP contribution is -2.33. The Morgan fingerprint density at radius 1 is 1.32 bits per heavy atom. The van der Waals surface area contributed by atoms with E-state index in [2.05, 4.69) is 6.92 Å². The van der Waals surface area contributed by atoms with Gasteiger partial charge in [0.05, 0.1) is 5.41 Å². The summed E-state index contributed by atoms with van der Waals surface area (Å²) in [7, 11) is 0. The van der Waals surface area contributed by atoms with Crippen molar-refractivity contribution in [1.82, 2.24) is 0 Å². The maximum absolute atomic E-state index is 11.6. The molecule has 3 rings (SSSR count). The van der Waals surface area contributed by atoms with Gasteiger partial charge in [0.15, 0.2) is 0 Å². The fourth-order valence-corrected chi connectivity index (χ4v) is 5.11. The van der Waals surface area contributed by atoms with Crippen LogP contribution >= 0.6 is 0 Å². The zero-order valence-corrected chi connectivity index (χ0v) is 11.3. The minimum atomic E-state index is -0.861. The van der Waals surface area contributed by atoms with Crippen molar-refractivity contribution >= 4 is 11.9 Å². The smallest absolute Gasteiger partial charge is 0.331 e. The summed E-state index contributed by atoms with van der Waals surface area (Å²) >= 11 is 0. The molecule has 0 aromatic carbocycles. The summed E-state index contributed by atoms with van der Waals surface area (Å²) in [6.45, 7) is 3.95. The third kappa shape index (κ3) is 1.40. The SMILES string of the molecule is C[C@H]1CC[C@H]2C=C(C(=O)O)[C@H]3C[C@](C)(C(=O)O)C[C@]231. The highest BCUT2D eigenvalue weighted by Gasteiger charge is 2.66. The molecule has 0 bridgehead atoms. The zero-order chi connectivity index (χ0) is 14.0. The van der Waals surface area contributed by atoms with Crippen LogP contribution < -0.4 is 0 Å². The largest absolute Gasteiger partial charge is 0.481 e. The minimum absolute atomic E-state index is 0.0754. The molecular formula is C15H20O4. The molecule has 3 aliphatic carbocycles. The lowest BCUT2D eigenvalue weighted by molar-refractivity contribution is -0.148. The molecule has 5 atom stereocenters. The number of allylic oxidation sites excluding steroid dienone is 1. The van der Waals surface area contributed by atoms with Crippen LogP contribution in [-0.2, 0) is 9.59 Å². The molecule has 0 unspecified atom stereocenters. The fraction of sp³-hybridized carbons (Fsp3) is 0.733. The molecule has 0 aromatic rings. The molecule has 104 valence electrons. The first kappa shape index (κ1) is 12.7. The van der Waals surface area contributed by atoms with Gasteiger partial charge in [0.2, 0.25) is 0 Å². The van der Waals surface area contributed by atoms with Gasteiger partial charge in [-0.25, -0.2) is 4.79 Å². The van der Waals surface area contributed by atoms with Gasteiger partial charge in [-0.05, 0) is 55.8 Å². The number of carbonyl (C=O) groups is 2. The summed E-state index contributed by atoms with van der Waals surface area (Å²) in [5.41, 5.74) is -0.404. The lowest BCUT2D eigenvalue weighted by atomic mass is 9.67. The Balaban J connectivity index is 2.07. The number of carboxylic acid groups (broad SMARTS) is 2. The summed E-state index contributed by atoms with van der Waals surface area (Å²) in [5.74, 6) is -1.04. The molecule has 0 heterocycles. The van der Waals surface area contributed by atoms with Gasteiger partial charge in [0, 0.05) is 5.57 Å². The summed E-state index contributed by atoms with van der Waals surface area (Å²) in [5, 5.41) is 18.9. The Kier molecular flexibility index (Phi) is 2.42. The Labute approximate surface area is 112 Å². The molecular weight excluding hydrogens is 244 g/mol. The zero-order valence-electron chi connectivity index (χ0n) is 11.3. The first-order valence-corrected chi connectivity index (χ1v) is 6.99. The molecule has 0 aromatic heterocycles. The molecule has 3 aliphatic rings. The van der Waals surface area contributed by atoms with Crippen molar-refractivity contribution in [3.05, 3.63) is 11.6 Å². The monoisotopic (exact) mass is 264 g/mol. The second kappa shape index (κ2) is 3.62. The number of hydrogen-bond acceptors (Lipinski definition) is 2. The van der Waals surface area contributed by atoms with Crippen LogP contribution in [0.5, 0.6) is 0 Å². The first-order chi connectivity index (χ1) is 8.81. The predicted molar refractivity (Wildman–Crippen MR) is 68.5 cm³/mol. The van der Waals surface area contributed by atoms with E-state index in [-0.39, 0.29) is 17.3 Å². The van der Waals surface area contributed by atoms with Gasteiger partial charge in [-0.1, -0.05) is 13.0 Å². The molecule has 0 saturated heterocycles. The van der Waals surface area contributed by atoms with E-state index in [1.807, 2.05) is 6.08 Å². The topological polar surface area (TPSA) is 74.6 Å². The van der Waals surface area contributed by atoms with E-state index in [0.29, 0.717) is 24.3 Å². The number of rotatable bonds is 2. The molecule has 2 N–H and O–H groups in total. The molecule has 0 aliphatic heterocycles. The van der Waals surface area contributed by atoms with Crippen molar-refractivity contribution in [2.75, 3.05) is 0 Å². The summed E-state index contributed by atoms with van der Waals surface area (Å²) in [6.07, 6.45) is 5.11. The van der Waals surface area contributed by atoms with Crippen LogP contribution in [-0.4, -0.2) is 22.2 Å². The van der Waals surface area contributed by atoms with Crippen LogP contribution in [0.15, 0.2) is 11.6 Å². The molecule has 4 heteroatoms. The standard InChI is InChI=1S/C15H20O4/c1-8-3-4-9-5-10(12(16)17)11-6-14(2,13(18)19)7-15(8,9)11/h5,8-9,11H,3-4,6-7H2,1-2H3,(H,16,17)(H,18,19)/t8-,9-,11+,14-,15-/m0/s1. The van der Waals surface area contributed by atoms with Crippen LogP contribution in [0.1, 0.15) is 39.5 Å². The number of hydrogen-bond donors (Lipinski definition) is 2. The van der Waals surface area contributed by atoms with Crippen molar-refractivity contribution in [2.45, 2.75) is 39.5 Å². The van der Waals surface area contributed by atoms with E-state index in [4.69, 9.17) is 0 Å². The molecule has 0 radical (unpaired) electrons. The second-order valence-corrected chi connectivity index (χ2v) is 6.92. The van der Waals surface area contributed by atoms with Crippen LogP contribution in [0.25, 0.3) is 0 Å². The Morgan fingerprint density at radius 2 is 2.00 bits per heavy atom. The van der Waals surface area contributed by atoms with Crippen LogP contribution in [0.4, 0.5) is 0 Å². The van der Waals surface area contributed by atoms with Gasteiger partial charge in [0.25, 0.3) is 0 Å². The third-order valence-corrected chi connectivity index (χ3v) is 6.04. The molecule has 2 fully saturated rings. The van der Waals surface area contributed by atoms with Gasteiger partial charge in [0.1, 0.15) is 0 Å². The third-order valence-electron chi connectivity index (χ3n) is 6.04. The van der Waals surface area contributed by atoms with Gasteiger partial charge in [-0.3, -0.25) is 4.79 Å². The summed E-state index contributed by atoms with van der Waals surface area (Å²) in [6, 6.07) is 0. The highest BCUT2D eigenvalue weighted by atomic mass is 16.4. The average Bonchev–Trinajstić information content (AvgIpc) is 2.87. The van der Waals surface area contributed by atoms with E-state index >= 15 is 0 Å².